The van der Waals surface area contributed by atoms with Gasteiger partial charge in [0.2, 0.25) is 0 Å². The normalized spacial score (nSPS) is 20.0. The number of nitrogens with zero attached hydrogens (tertiary/aromatic N) is 3. The van der Waals surface area contributed by atoms with Gasteiger partial charge < -0.3 is 9.80 Å². The molecule has 1 aromatic heterocycles. The zero-order valence-corrected chi connectivity index (χ0v) is 19.5. The minimum Gasteiger partial charge on any atom is -0.334 e. The number of aromatic nitrogens is 1. The Labute approximate surface area is 201 Å². The number of hydrogen-bond acceptors (Lipinski definition) is 3. The van der Waals surface area contributed by atoms with Gasteiger partial charge in [0.15, 0.2) is 0 Å². The van der Waals surface area contributed by atoms with Gasteiger partial charge in [-0.3, -0.25) is 9.59 Å². The molecular weight excluding hydrogens is 422 g/mol. The summed E-state index contributed by atoms with van der Waals surface area (Å²) in [6.45, 7) is 1.48. The van der Waals surface area contributed by atoms with E-state index in [-0.39, 0.29) is 23.9 Å². The zero-order chi connectivity index (χ0) is 23.3. The van der Waals surface area contributed by atoms with Crippen molar-refractivity contribution in [1.29, 1.82) is 0 Å². The number of benzene rings is 2. The fourth-order valence-electron chi connectivity index (χ4n) is 5.37. The van der Waals surface area contributed by atoms with Gasteiger partial charge in [-0.05, 0) is 61.8 Å². The molecule has 2 atom stereocenters. The highest BCUT2D eigenvalue weighted by Gasteiger charge is 2.32. The summed E-state index contributed by atoms with van der Waals surface area (Å²) in [5.41, 5.74) is 3.21. The highest BCUT2D eigenvalue weighted by molar-refractivity contribution is 5.96. The van der Waals surface area contributed by atoms with Gasteiger partial charge >= 0.3 is 0 Å². The van der Waals surface area contributed by atoms with Crippen LogP contribution in [0.3, 0.4) is 0 Å². The monoisotopic (exact) mass is 453 g/mol. The number of carbonyl (C=O) groups is 2. The van der Waals surface area contributed by atoms with Crippen LogP contribution in [-0.2, 0) is 12.8 Å². The van der Waals surface area contributed by atoms with E-state index in [0.717, 1.165) is 51.6 Å². The molecule has 3 heterocycles. The van der Waals surface area contributed by atoms with Crippen molar-refractivity contribution in [2.75, 3.05) is 13.1 Å². The van der Waals surface area contributed by atoms with Crippen molar-refractivity contribution in [2.24, 2.45) is 0 Å². The summed E-state index contributed by atoms with van der Waals surface area (Å²) < 4.78 is 0. The summed E-state index contributed by atoms with van der Waals surface area (Å²) in [5.74, 6) is -0.148. The van der Waals surface area contributed by atoms with E-state index in [1.54, 1.807) is 18.2 Å². The van der Waals surface area contributed by atoms with Gasteiger partial charge in [0.1, 0.15) is 11.4 Å². The maximum absolute atomic E-state index is 13.4. The van der Waals surface area contributed by atoms with Crippen molar-refractivity contribution >= 4 is 11.8 Å². The van der Waals surface area contributed by atoms with Gasteiger partial charge in [-0.2, -0.15) is 0 Å². The Hall–Kier alpha value is -3.47. The predicted octanol–water partition coefficient (Wildman–Crippen LogP) is 4.78. The average Bonchev–Trinajstić information content (AvgIpc) is 3.54. The van der Waals surface area contributed by atoms with Crippen molar-refractivity contribution in [1.82, 2.24) is 14.8 Å². The second-order valence-electron chi connectivity index (χ2n) is 9.38. The van der Waals surface area contributed by atoms with E-state index < -0.39 is 0 Å². The Morgan fingerprint density at radius 1 is 0.647 bits per heavy atom. The van der Waals surface area contributed by atoms with Gasteiger partial charge in [-0.25, -0.2) is 4.98 Å². The van der Waals surface area contributed by atoms with Crippen molar-refractivity contribution < 1.29 is 9.59 Å². The zero-order valence-electron chi connectivity index (χ0n) is 19.5. The molecule has 2 unspecified atom stereocenters. The molecule has 0 spiro atoms. The van der Waals surface area contributed by atoms with Gasteiger partial charge in [0.05, 0.1) is 0 Å². The molecule has 174 valence electrons. The third kappa shape index (κ3) is 4.89. The smallest absolute Gasteiger partial charge is 0.272 e. The lowest BCUT2D eigenvalue weighted by Gasteiger charge is -2.26. The van der Waals surface area contributed by atoms with Crippen LogP contribution in [0.1, 0.15) is 57.8 Å². The molecule has 0 aliphatic carbocycles. The first-order valence-electron chi connectivity index (χ1n) is 12.4. The third-order valence-electron chi connectivity index (χ3n) is 7.09. The third-order valence-corrected chi connectivity index (χ3v) is 7.09. The molecule has 2 aliphatic rings. The van der Waals surface area contributed by atoms with Crippen molar-refractivity contribution in [3.05, 3.63) is 101 Å². The molecule has 2 saturated heterocycles. The molecule has 3 aromatic rings. The lowest BCUT2D eigenvalue weighted by atomic mass is 10.0. The van der Waals surface area contributed by atoms with Crippen LogP contribution in [0.15, 0.2) is 78.9 Å². The molecular formula is C29H31N3O2. The number of pyridine rings is 1. The first kappa shape index (κ1) is 22.3. The SMILES string of the molecule is O=C(c1cccc(C(=O)N2CCCC2Cc2ccccc2)n1)N1CCCC1Cc1ccccc1. The molecule has 5 nitrogen and oxygen atoms in total. The molecule has 2 aliphatic heterocycles. The number of carbonyl (C=O) groups excluding carboxylic acids is 2. The van der Waals surface area contributed by atoms with Crippen molar-refractivity contribution in [3.8, 4) is 0 Å². The van der Waals surface area contributed by atoms with Crippen LogP contribution in [-0.4, -0.2) is 51.8 Å². The molecule has 5 heteroatoms. The fourth-order valence-corrected chi connectivity index (χ4v) is 5.37. The minimum atomic E-state index is -0.0738. The van der Waals surface area contributed by atoms with Gasteiger partial charge in [0, 0.05) is 25.2 Å². The molecule has 2 amide bonds. The van der Waals surface area contributed by atoms with Crippen LogP contribution in [0.2, 0.25) is 0 Å². The van der Waals surface area contributed by atoms with Crippen LogP contribution in [0.4, 0.5) is 0 Å². The van der Waals surface area contributed by atoms with E-state index in [4.69, 9.17) is 0 Å². The summed E-state index contributed by atoms with van der Waals surface area (Å²) in [7, 11) is 0. The molecule has 0 saturated carbocycles. The standard InChI is InChI=1S/C29H31N3O2/c33-28(31-18-8-14-24(31)20-22-10-3-1-4-11-22)26-16-7-17-27(30-26)29(34)32-19-9-15-25(32)21-23-12-5-2-6-13-23/h1-7,10-13,16-17,24-25H,8-9,14-15,18-21H2. The minimum absolute atomic E-state index is 0.0738. The maximum Gasteiger partial charge on any atom is 0.272 e. The van der Waals surface area contributed by atoms with E-state index in [9.17, 15) is 9.59 Å². The van der Waals surface area contributed by atoms with E-state index in [1.165, 1.54) is 11.1 Å². The van der Waals surface area contributed by atoms with Crippen molar-refractivity contribution in [3.63, 3.8) is 0 Å². The molecule has 0 N–H and O–H groups in total. The van der Waals surface area contributed by atoms with Gasteiger partial charge in [-0.1, -0.05) is 66.7 Å². The highest BCUT2D eigenvalue weighted by Crippen LogP contribution is 2.25. The van der Waals surface area contributed by atoms with Crippen LogP contribution in [0.5, 0.6) is 0 Å². The van der Waals surface area contributed by atoms with E-state index in [0.29, 0.717) is 11.4 Å². The van der Waals surface area contributed by atoms with Crippen LogP contribution >= 0.6 is 0 Å². The Kier molecular flexibility index (Phi) is 6.70. The Morgan fingerprint density at radius 3 is 1.53 bits per heavy atom. The number of amides is 2. The number of hydrogen-bond donors (Lipinski definition) is 0. The maximum atomic E-state index is 13.4. The summed E-state index contributed by atoms with van der Waals surface area (Å²) >= 11 is 0. The first-order valence-corrected chi connectivity index (χ1v) is 12.4. The second kappa shape index (κ2) is 10.2. The summed E-state index contributed by atoms with van der Waals surface area (Å²) in [6.07, 6.45) is 5.68. The molecule has 2 aromatic carbocycles. The lowest BCUT2D eigenvalue weighted by Crippen LogP contribution is -2.39. The molecule has 0 bridgehead atoms. The van der Waals surface area contributed by atoms with Gasteiger partial charge in [-0.15, -0.1) is 0 Å². The quantitative estimate of drug-likeness (QED) is 0.540. The predicted molar refractivity (Wildman–Crippen MR) is 133 cm³/mol. The molecule has 5 rings (SSSR count). The second-order valence-corrected chi connectivity index (χ2v) is 9.38. The highest BCUT2D eigenvalue weighted by atomic mass is 16.2. The van der Waals surface area contributed by atoms with Crippen LogP contribution in [0, 0.1) is 0 Å². The van der Waals surface area contributed by atoms with Crippen LogP contribution < -0.4 is 0 Å². The Balaban J connectivity index is 1.30. The average molecular weight is 454 g/mol. The number of likely N-dealkylation sites (tertiary alicyclic amines) is 2. The molecule has 0 radical (unpaired) electrons. The summed E-state index contributed by atoms with van der Waals surface area (Å²) in [5, 5.41) is 0. The first-order chi connectivity index (χ1) is 16.7. The largest absolute Gasteiger partial charge is 0.334 e. The van der Waals surface area contributed by atoms with E-state index in [1.807, 2.05) is 46.2 Å². The van der Waals surface area contributed by atoms with Crippen LogP contribution in [0.25, 0.3) is 0 Å². The van der Waals surface area contributed by atoms with Gasteiger partial charge in [0.25, 0.3) is 11.8 Å². The summed E-state index contributed by atoms with van der Waals surface area (Å²) in [6, 6.07) is 26.2. The Morgan fingerprint density at radius 2 is 1.09 bits per heavy atom. The summed E-state index contributed by atoms with van der Waals surface area (Å²) in [4.78, 5) is 35.2. The molecule has 2 fully saturated rings. The topological polar surface area (TPSA) is 53.5 Å². The van der Waals surface area contributed by atoms with E-state index in [2.05, 4.69) is 29.2 Å². The lowest BCUT2D eigenvalue weighted by molar-refractivity contribution is 0.0723. The molecule has 34 heavy (non-hydrogen) atoms. The van der Waals surface area contributed by atoms with E-state index >= 15 is 0 Å². The Bertz CT molecular complexity index is 1050. The van der Waals surface area contributed by atoms with Crippen molar-refractivity contribution in [2.45, 2.75) is 50.6 Å². The fraction of sp³-hybridized carbons (Fsp3) is 0.345. The number of rotatable bonds is 6.